The van der Waals surface area contributed by atoms with E-state index in [1.165, 1.54) is 0 Å². The highest BCUT2D eigenvalue weighted by Gasteiger charge is 2.17. The molecular formula is C14H20N4O. The fraction of sp³-hybridized carbons (Fsp3) is 0.500. The summed E-state index contributed by atoms with van der Waals surface area (Å²) in [7, 11) is 0. The topological polar surface area (TPSA) is 77.8 Å². The molecule has 0 aromatic carbocycles. The van der Waals surface area contributed by atoms with Crippen molar-refractivity contribution in [3.8, 4) is 11.5 Å². The maximum absolute atomic E-state index is 6.03. The number of aryl methyl sites for hydroxylation is 1. The number of nitrogens with zero attached hydrogens (tertiary/aromatic N) is 3. The highest BCUT2D eigenvalue weighted by Crippen LogP contribution is 2.21. The van der Waals surface area contributed by atoms with Gasteiger partial charge in [-0.05, 0) is 24.5 Å². The van der Waals surface area contributed by atoms with Crippen molar-refractivity contribution in [2.75, 3.05) is 0 Å². The van der Waals surface area contributed by atoms with Gasteiger partial charge >= 0.3 is 0 Å². The summed E-state index contributed by atoms with van der Waals surface area (Å²) in [5.41, 5.74) is 7.91. The summed E-state index contributed by atoms with van der Waals surface area (Å²) < 4.78 is 5.25. The highest BCUT2D eigenvalue weighted by atomic mass is 16.5. The van der Waals surface area contributed by atoms with Gasteiger partial charge < -0.3 is 10.3 Å². The molecule has 0 aliphatic carbocycles. The molecule has 0 fully saturated rings. The Labute approximate surface area is 113 Å². The molecule has 0 aliphatic heterocycles. The van der Waals surface area contributed by atoms with Gasteiger partial charge in [-0.15, -0.1) is 0 Å². The molecule has 0 saturated heterocycles. The Morgan fingerprint density at radius 3 is 2.95 bits per heavy atom. The molecule has 5 nitrogen and oxygen atoms in total. The number of hydrogen-bond donors (Lipinski definition) is 1. The molecule has 2 heterocycles. The first kappa shape index (κ1) is 13.7. The number of nitrogens with two attached hydrogens (primary N) is 1. The van der Waals surface area contributed by atoms with Gasteiger partial charge in [0.2, 0.25) is 11.7 Å². The third-order valence-corrected chi connectivity index (χ3v) is 3.11. The predicted molar refractivity (Wildman–Crippen MR) is 73.4 cm³/mol. The minimum absolute atomic E-state index is 0.185. The number of unbranched alkanes of at least 4 members (excludes halogenated alkanes) is 1. The molecular weight excluding hydrogens is 240 g/mol. The Balaban J connectivity index is 2.20. The van der Waals surface area contributed by atoms with Gasteiger partial charge in [-0.3, -0.25) is 4.98 Å². The van der Waals surface area contributed by atoms with E-state index in [4.69, 9.17) is 10.3 Å². The first-order valence-electron chi connectivity index (χ1n) is 6.79. The van der Waals surface area contributed by atoms with Gasteiger partial charge in [0.25, 0.3) is 0 Å². The molecule has 102 valence electrons. The third-order valence-electron chi connectivity index (χ3n) is 3.11. The number of aromatic nitrogens is 3. The second-order valence-electron chi connectivity index (χ2n) is 4.57. The molecule has 2 aromatic rings. The first-order chi connectivity index (χ1) is 9.26. The monoisotopic (exact) mass is 260 g/mol. The second kappa shape index (κ2) is 6.43. The van der Waals surface area contributed by atoms with Crippen molar-refractivity contribution in [3.05, 3.63) is 29.8 Å². The Hall–Kier alpha value is -1.75. The van der Waals surface area contributed by atoms with Crippen molar-refractivity contribution in [2.24, 2.45) is 5.73 Å². The van der Waals surface area contributed by atoms with E-state index in [0.29, 0.717) is 11.7 Å². The van der Waals surface area contributed by atoms with Crippen LogP contribution in [0.1, 0.15) is 50.6 Å². The van der Waals surface area contributed by atoms with E-state index in [-0.39, 0.29) is 6.04 Å². The van der Waals surface area contributed by atoms with Crippen LogP contribution in [0.3, 0.4) is 0 Å². The van der Waals surface area contributed by atoms with Crippen LogP contribution in [0.2, 0.25) is 0 Å². The maximum atomic E-state index is 6.03. The number of hydrogen-bond acceptors (Lipinski definition) is 5. The zero-order valence-corrected chi connectivity index (χ0v) is 11.5. The van der Waals surface area contributed by atoms with Crippen molar-refractivity contribution in [2.45, 2.75) is 45.6 Å². The van der Waals surface area contributed by atoms with Crippen molar-refractivity contribution < 1.29 is 4.52 Å². The van der Waals surface area contributed by atoms with Gasteiger partial charge in [0, 0.05) is 6.20 Å². The van der Waals surface area contributed by atoms with E-state index < -0.39 is 0 Å². The van der Waals surface area contributed by atoms with Crippen molar-refractivity contribution in [3.63, 3.8) is 0 Å². The Morgan fingerprint density at radius 2 is 2.21 bits per heavy atom. The van der Waals surface area contributed by atoms with Crippen LogP contribution in [-0.4, -0.2) is 15.1 Å². The quantitative estimate of drug-likeness (QED) is 0.864. The van der Waals surface area contributed by atoms with E-state index in [2.05, 4.69) is 29.0 Å². The molecule has 0 aliphatic rings. The van der Waals surface area contributed by atoms with Gasteiger partial charge in [0.15, 0.2) is 0 Å². The Morgan fingerprint density at radius 1 is 1.37 bits per heavy atom. The van der Waals surface area contributed by atoms with E-state index in [0.717, 1.165) is 36.9 Å². The summed E-state index contributed by atoms with van der Waals surface area (Å²) >= 11 is 0. The summed E-state index contributed by atoms with van der Waals surface area (Å²) in [6.07, 6.45) is 5.65. The highest BCUT2D eigenvalue weighted by molar-refractivity contribution is 5.53. The molecule has 19 heavy (non-hydrogen) atoms. The summed E-state index contributed by atoms with van der Waals surface area (Å²) in [4.78, 5) is 8.71. The normalized spacial score (nSPS) is 12.6. The zero-order chi connectivity index (χ0) is 13.7. The number of rotatable bonds is 6. The summed E-state index contributed by atoms with van der Waals surface area (Å²) in [6.45, 7) is 4.21. The van der Waals surface area contributed by atoms with Crippen molar-refractivity contribution >= 4 is 0 Å². The van der Waals surface area contributed by atoms with Crippen LogP contribution in [0, 0.1) is 0 Å². The standard InChI is InChI=1S/C14H20N4O/c1-3-5-8-11(15)14-17-13(18-19-14)12-10(4-2)7-6-9-16-12/h6-7,9,11H,3-5,8,15H2,1-2H3. The van der Waals surface area contributed by atoms with Gasteiger partial charge in [0.1, 0.15) is 5.69 Å². The average Bonchev–Trinajstić information content (AvgIpc) is 2.94. The zero-order valence-electron chi connectivity index (χ0n) is 11.5. The van der Waals surface area contributed by atoms with E-state index in [1.807, 2.05) is 12.1 Å². The summed E-state index contributed by atoms with van der Waals surface area (Å²) in [6, 6.07) is 3.75. The molecule has 2 rings (SSSR count). The van der Waals surface area contributed by atoms with Crippen molar-refractivity contribution in [1.82, 2.24) is 15.1 Å². The van der Waals surface area contributed by atoms with Crippen LogP contribution in [0.25, 0.3) is 11.5 Å². The molecule has 0 spiro atoms. The van der Waals surface area contributed by atoms with Gasteiger partial charge in [-0.25, -0.2) is 0 Å². The minimum atomic E-state index is -0.185. The molecule has 0 radical (unpaired) electrons. The van der Waals surface area contributed by atoms with E-state index in [9.17, 15) is 0 Å². The largest absolute Gasteiger partial charge is 0.337 e. The van der Waals surface area contributed by atoms with E-state index >= 15 is 0 Å². The molecule has 1 atom stereocenters. The van der Waals surface area contributed by atoms with Gasteiger partial charge in [0.05, 0.1) is 6.04 Å². The van der Waals surface area contributed by atoms with Crippen molar-refractivity contribution in [1.29, 1.82) is 0 Å². The fourth-order valence-electron chi connectivity index (χ4n) is 1.95. The minimum Gasteiger partial charge on any atom is -0.337 e. The molecule has 0 saturated carbocycles. The molecule has 5 heteroatoms. The van der Waals surface area contributed by atoms with Crippen LogP contribution < -0.4 is 5.73 Å². The van der Waals surface area contributed by atoms with E-state index in [1.54, 1.807) is 6.20 Å². The molecule has 2 N–H and O–H groups in total. The van der Waals surface area contributed by atoms with Crippen LogP contribution in [-0.2, 0) is 6.42 Å². The lowest BCUT2D eigenvalue weighted by Gasteiger charge is -2.04. The third kappa shape index (κ3) is 3.17. The smallest absolute Gasteiger partial charge is 0.243 e. The SMILES string of the molecule is CCCCC(N)c1nc(-c2ncccc2CC)no1. The van der Waals surface area contributed by atoms with Gasteiger partial charge in [-0.2, -0.15) is 4.98 Å². The molecule has 0 bridgehead atoms. The maximum Gasteiger partial charge on any atom is 0.243 e. The predicted octanol–water partition coefficient (Wildman–Crippen LogP) is 2.88. The number of pyridine rings is 1. The van der Waals surface area contributed by atoms with Crippen LogP contribution >= 0.6 is 0 Å². The van der Waals surface area contributed by atoms with Crippen LogP contribution in [0.15, 0.2) is 22.9 Å². The Kier molecular flexibility index (Phi) is 4.63. The molecule has 0 amide bonds. The van der Waals surface area contributed by atoms with Crippen LogP contribution in [0.4, 0.5) is 0 Å². The lowest BCUT2D eigenvalue weighted by molar-refractivity contribution is 0.346. The average molecular weight is 260 g/mol. The van der Waals surface area contributed by atoms with Crippen LogP contribution in [0.5, 0.6) is 0 Å². The summed E-state index contributed by atoms with van der Waals surface area (Å²) in [5, 5.41) is 4.00. The molecule has 2 aromatic heterocycles. The summed E-state index contributed by atoms with van der Waals surface area (Å²) in [5.74, 6) is 1.02. The molecule has 1 unspecified atom stereocenters. The lowest BCUT2D eigenvalue weighted by atomic mass is 10.1. The lowest BCUT2D eigenvalue weighted by Crippen LogP contribution is -2.10. The fourth-order valence-corrected chi connectivity index (χ4v) is 1.95. The second-order valence-corrected chi connectivity index (χ2v) is 4.57. The Bertz CT molecular complexity index is 524. The first-order valence-corrected chi connectivity index (χ1v) is 6.79. The van der Waals surface area contributed by atoms with Gasteiger partial charge in [-0.1, -0.05) is 37.9 Å².